The summed E-state index contributed by atoms with van der Waals surface area (Å²) in [5.74, 6) is 1.44. The van der Waals surface area contributed by atoms with Crippen molar-refractivity contribution >= 4 is 17.5 Å². The monoisotopic (exact) mass is 368 g/mol. The number of hydrogen-bond donors (Lipinski definition) is 1. The van der Waals surface area contributed by atoms with E-state index in [0.717, 1.165) is 31.5 Å². The van der Waals surface area contributed by atoms with Gasteiger partial charge in [-0.25, -0.2) is 0 Å². The summed E-state index contributed by atoms with van der Waals surface area (Å²) in [6.07, 6.45) is 4.09. The zero-order valence-corrected chi connectivity index (χ0v) is 15.5. The molecule has 1 aliphatic rings. The lowest BCUT2D eigenvalue weighted by Gasteiger charge is -2.30. The van der Waals surface area contributed by atoms with E-state index in [1.807, 2.05) is 29.2 Å². The summed E-state index contributed by atoms with van der Waals surface area (Å²) in [7, 11) is 0. The summed E-state index contributed by atoms with van der Waals surface area (Å²) in [6.45, 7) is 6.65. The highest BCUT2D eigenvalue weighted by molar-refractivity contribution is 5.98. The summed E-state index contributed by atoms with van der Waals surface area (Å²) in [6, 6.07) is 7.52. The second-order valence-corrected chi connectivity index (χ2v) is 6.70. The van der Waals surface area contributed by atoms with Gasteiger partial charge in [-0.15, -0.1) is 10.2 Å². The first-order valence-corrected chi connectivity index (χ1v) is 9.15. The van der Waals surface area contributed by atoms with Crippen molar-refractivity contribution in [3.05, 3.63) is 54.3 Å². The molecule has 3 rings (SSSR count). The molecule has 2 heterocycles. The number of nitrogens with zero attached hydrogens (tertiary/aromatic N) is 3. The Morgan fingerprint density at radius 1 is 1.26 bits per heavy atom. The number of carbonyl (C=O) groups is 2. The zero-order chi connectivity index (χ0) is 19.2. The third-order valence-corrected chi connectivity index (χ3v) is 4.77. The Morgan fingerprint density at radius 3 is 2.56 bits per heavy atom. The number of piperidine rings is 1. The number of amides is 2. The summed E-state index contributed by atoms with van der Waals surface area (Å²) in [4.78, 5) is 25.7. The van der Waals surface area contributed by atoms with Gasteiger partial charge < -0.3 is 14.6 Å². The van der Waals surface area contributed by atoms with Gasteiger partial charge in [-0.3, -0.25) is 9.59 Å². The first-order chi connectivity index (χ1) is 13.0. The molecule has 1 fully saturated rings. The molecule has 0 atom stereocenters. The molecule has 1 aromatic carbocycles. The SMILES string of the molecule is C=CC(=O)Nc1ccc(CCC(=O)N2CCC(c3nnc(C)o3)CC2)cc1. The van der Waals surface area contributed by atoms with Crippen LogP contribution in [0.1, 0.15) is 42.5 Å². The van der Waals surface area contributed by atoms with Crippen LogP contribution in [-0.2, 0) is 16.0 Å². The lowest BCUT2D eigenvalue weighted by atomic mass is 9.96. The highest BCUT2D eigenvalue weighted by Gasteiger charge is 2.26. The molecule has 0 aliphatic carbocycles. The standard InChI is InChI=1S/C20H24N4O3/c1-3-18(25)21-17-7-4-15(5-8-17)6-9-19(26)24-12-10-16(11-13-24)20-23-22-14(2)27-20/h3-5,7-8,16H,1,6,9-13H2,2H3,(H,21,25). The number of carbonyl (C=O) groups excluding carboxylic acids is 2. The molecule has 0 unspecified atom stereocenters. The molecule has 1 N–H and O–H groups in total. The van der Waals surface area contributed by atoms with Gasteiger partial charge in [0.1, 0.15) is 0 Å². The number of aromatic nitrogens is 2. The van der Waals surface area contributed by atoms with Crippen molar-refractivity contribution in [1.29, 1.82) is 0 Å². The van der Waals surface area contributed by atoms with Crippen LogP contribution < -0.4 is 5.32 Å². The van der Waals surface area contributed by atoms with Crippen LogP contribution in [0.5, 0.6) is 0 Å². The Hall–Kier alpha value is -2.96. The minimum atomic E-state index is -0.239. The van der Waals surface area contributed by atoms with Crippen molar-refractivity contribution in [2.75, 3.05) is 18.4 Å². The Bertz CT molecular complexity index is 805. The number of aryl methyl sites for hydroxylation is 2. The van der Waals surface area contributed by atoms with E-state index in [4.69, 9.17) is 4.42 Å². The Morgan fingerprint density at radius 2 is 1.96 bits per heavy atom. The van der Waals surface area contributed by atoms with Crippen LogP contribution in [0.4, 0.5) is 5.69 Å². The molecule has 2 amide bonds. The maximum Gasteiger partial charge on any atom is 0.247 e. The van der Waals surface area contributed by atoms with Crippen molar-refractivity contribution in [3.63, 3.8) is 0 Å². The maximum absolute atomic E-state index is 12.5. The lowest BCUT2D eigenvalue weighted by Crippen LogP contribution is -2.38. The van der Waals surface area contributed by atoms with Crippen LogP contribution in [0.15, 0.2) is 41.3 Å². The molecule has 1 saturated heterocycles. The van der Waals surface area contributed by atoms with E-state index in [-0.39, 0.29) is 17.7 Å². The smallest absolute Gasteiger partial charge is 0.247 e. The van der Waals surface area contributed by atoms with E-state index < -0.39 is 0 Å². The molecule has 27 heavy (non-hydrogen) atoms. The van der Waals surface area contributed by atoms with E-state index in [9.17, 15) is 9.59 Å². The largest absolute Gasteiger partial charge is 0.425 e. The van der Waals surface area contributed by atoms with Crippen molar-refractivity contribution in [2.45, 2.75) is 38.5 Å². The van der Waals surface area contributed by atoms with Crippen molar-refractivity contribution in [3.8, 4) is 0 Å². The summed E-state index contributed by atoms with van der Waals surface area (Å²) in [5.41, 5.74) is 1.78. The predicted molar refractivity (Wildman–Crippen MR) is 101 cm³/mol. The zero-order valence-electron chi connectivity index (χ0n) is 15.5. The Kier molecular flexibility index (Phi) is 6.01. The minimum absolute atomic E-state index is 0.166. The molecule has 2 aromatic rings. The molecule has 0 radical (unpaired) electrons. The fourth-order valence-electron chi connectivity index (χ4n) is 3.21. The number of anilines is 1. The fraction of sp³-hybridized carbons (Fsp3) is 0.400. The third-order valence-electron chi connectivity index (χ3n) is 4.77. The van der Waals surface area contributed by atoms with Crippen LogP contribution in [0.25, 0.3) is 0 Å². The van der Waals surface area contributed by atoms with Crippen LogP contribution in [0.2, 0.25) is 0 Å². The number of benzene rings is 1. The number of hydrogen-bond acceptors (Lipinski definition) is 5. The average molecular weight is 368 g/mol. The second kappa shape index (κ2) is 8.62. The quantitative estimate of drug-likeness (QED) is 0.792. The highest BCUT2D eigenvalue weighted by Crippen LogP contribution is 2.27. The fourth-order valence-corrected chi connectivity index (χ4v) is 3.21. The molecular weight excluding hydrogens is 344 g/mol. The molecule has 0 spiro atoms. The van der Waals surface area contributed by atoms with Crippen LogP contribution in [0.3, 0.4) is 0 Å². The molecule has 0 bridgehead atoms. The van der Waals surface area contributed by atoms with Crippen LogP contribution >= 0.6 is 0 Å². The molecule has 7 nitrogen and oxygen atoms in total. The van der Waals surface area contributed by atoms with Gasteiger partial charge in [-0.1, -0.05) is 18.7 Å². The van der Waals surface area contributed by atoms with Crippen molar-refractivity contribution in [2.24, 2.45) is 0 Å². The minimum Gasteiger partial charge on any atom is -0.425 e. The van der Waals surface area contributed by atoms with E-state index in [2.05, 4.69) is 22.1 Å². The average Bonchev–Trinajstić information content (AvgIpc) is 3.13. The molecule has 1 aliphatic heterocycles. The topological polar surface area (TPSA) is 88.3 Å². The Labute approximate surface area is 158 Å². The molecule has 7 heteroatoms. The van der Waals surface area contributed by atoms with Crippen molar-refractivity contribution in [1.82, 2.24) is 15.1 Å². The van der Waals surface area contributed by atoms with Gasteiger partial charge in [-0.05, 0) is 43.0 Å². The third kappa shape index (κ3) is 5.03. The molecule has 0 saturated carbocycles. The predicted octanol–water partition coefficient (Wildman–Crippen LogP) is 2.84. The van der Waals surface area contributed by atoms with Gasteiger partial charge in [0.05, 0.1) is 0 Å². The summed E-state index contributed by atoms with van der Waals surface area (Å²) >= 11 is 0. The highest BCUT2D eigenvalue weighted by atomic mass is 16.4. The van der Waals surface area contributed by atoms with E-state index in [0.29, 0.717) is 30.3 Å². The normalized spacial score (nSPS) is 14.8. The van der Waals surface area contributed by atoms with Gasteiger partial charge >= 0.3 is 0 Å². The van der Waals surface area contributed by atoms with Gasteiger partial charge in [0.15, 0.2) is 0 Å². The second-order valence-electron chi connectivity index (χ2n) is 6.70. The molecular formula is C20H24N4O3. The number of rotatable bonds is 6. The van der Waals surface area contributed by atoms with Crippen molar-refractivity contribution < 1.29 is 14.0 Å². The van der Waals surface area contributed by atoms with Gasteiger partial charge in [0.25, 0.3) is 0 Å². The first-order valence-electron chi connectivity index (χ1n) is 9.15. The molecule has 142 valence electrons. The number of likely N-dealkylation sites (tertiary alicyclic amines) is 1. The van der Waals surface area contributed by atoms with Crippen LogP contribution in [0, 0.1) is 6.92 Å². The van der Waals surface area contributed by atoms with E-state index in [1.54, 1.807) is 6.92 Å². The van der Waals surface area contributed by atoms with E-state index >= 15 is 0 Å². The molecule has 1 aromatic heterocycles. The first kappa shape index (κ1) is 18.8. The van der Waals surface area contributed by atoms with E-state index in [1.165, 1.54) is 6.08 Å². The van der Waals surface area contributed by atoms with Crippen LogP contribution in [-0.4, -0.2) is 40.0 Å². The lowest BCUT2D eigenvalue weighted by molar-refractivity contribution is -0.132. The van der Waals surface area contributed by atoms with Gasteiger partial charge in [0, 0.05) is 38.0 Å². The summed E-state index contributed by atoms with van der Waals surface area (Å²) in [5, 5.41) is 10.7. The Balaban J connectivity index is 1.44. The summed E-state index contributed by atoms with van der Waals surface area (Å²) < 4.78 is 5.51. The van der Waals surface area contributed by atoms with Gasteiger partial charge in [0.2, 0.25) is 23.6 Å². The maximum atomic E-state index is 12.5. The number of nitrogens with one attached hydrogen (secondary N) is 1. The van der Waals surface area contributed by atoms with Gasteiger partial charge in [-0.2, -0.15) is 0 Å².